The molecule has 5 heteroatoms. The Kier molecular flexibility index (Phi) is 4.50. The molecule has 1 aromatic carbocycles. The summed E-state index contributed by atoms with van der Waals surface area (Å²) in [6, 6.07) is 9.95. The average molecular weight is 348 g/mol. The standard InChI is InChI=1S/C21H24N4O/c1-24-20(17-8-4-6-15(12-17)13-22)18(14-23-24)21(26)25-11-5-9-16-7-2-3-10-19(16)25/h4,6,8,12,14,16,19H,2-3,5,7,9-11H2,1H3. The van der Waals surface area contributed by atoms with Crippen molar-refractivity contribution in [2.75, 3.05) is 6.54 Å². The summed E-state index contributed by atoms with van der Waals surface area (Å²) in [7, 11) is 1.85. The number of fused-ring (bicyclic) bond motifs is 1. The number of hydrogen-bond acceptors (Lipinski definition) is 3. The summed E-state index contributed by atoms with van der Waals surface area (Å²) < 4.78 is 1.74. The number of carbonyl (C=O) groups excluding carboxylic acids is 1. The van der Waals surface area contributed by atoms with Crippen molar-refractivity contribution in [2.45, 2.75) is 44.6 Å². The van der Waals surface area contributed by atoms with Crippen LogP contribution in [-0.4, -0.2) is 33.2 Å². The molecule has 0 radical (unpaired) electrons. The van der Waals surface area contributed by atoms with Crippen molar-refractivity contribution in [3.63, 3.8) is 0 Å². The highest BCUT2D eigenvalue weighted by molar-refractivity contribution is 6.00. The van der Waals surface area contributed by atoms with Gasteiger partial charge in [-0.1, -0.05) is 25.0 Å². The molecule has 1 saturated heterocycles. The zero-order chi connectivity index (χ0) is 18.1. The molecule has 2 aromatic rings. The van der Waals surface area contributed by atoms with Crippen molar-refractivity contribution in [3.05, 3.63) is 41.6 Å². The Morgan fingerprint density at radius 3 is 2.88 bits per heavy atom. The molecule has 26 heavy (non-hydrogen) atoms. The third kappa shape index (κ3) is 2.90. The van der Waals surface area contributed by atoms with Gasteiger partial charge in [-0.15, -0.1) is 0 Å². The van der Waals surface area contributed by atoms with Crippen LogP contribution in [-0.2, 0) is 7.05 Å². The number of rotatable bonds is 2. The Balaban J connectivity index is 1.70. The van der Waals surface area contributed by atoms with Crippen molar-refractivity contribution in [1.29, 1.82) is 5.26 Å². The molecule has 0 spiro atoms. The zero-order valence-corrected chi connectivity index (χ0v) is 15.2. The van der Waals surface area contributed by atoms with E-state index in [-0.39, 0.29) is 5.91 Å². The van der Waals surface area contributed by atoms with Crippen LogP contribution in [0.15, 0.2) is 30.5 Å². The largest absolute Gasteiger partial charge is 0.335 e. The molecule has 1 saturated carbocycles. The van der Waals surface area contributed by atoms with Crippen molar-refractivity contribution >= 4 is 5.91 Å². The first-order valence-corrected chi connectivity index (χ1v) is 9.52. The fraction of sp³-hybridized carbons (Fsp3) is 0.476. The van der Waals surface area contributed by atoms with Gasteiger partial charge in [-0.2, -0.15) is 10.4 Å². The van der Waals surface area contributed by atoms with Crippen LogP contribution in [0, 0.1) is 17.2 Å². The summed E-state index contributed by atoms with van der Waals surface area (Å²) in [5, 5.41) is 13.5. The second-order valence-electron chi connectivity index (χ2n) is 7.48. The Hall–Kier alpha value is -2.61. The summed E-state index contributed by atoms with van der Waals surface area (Å²) in [4.78, 5) is 15.5. The van der Waals surface area contributed by atoms with Gasteiger partial charge in [0.05, 0.1) is 29.1 Å². The van der Waals surface area contributed by atoms with Crippen LogP contribution >= 0.6 is 0 Å². The Labute approximate surface area is 154 Å². The van der Waals surface area contributed by atoms with Crippen molar-refractivity contribution < 1.29 is 4.79 Å². The molecule has 2 fully saturated rings. The van der Waals surface area contributed by atoms with Gasteiger partial charge in [0.1, 0.15) is 0 Å². The molecule has 2 aliphatic rings. The number of piperidine rings is 1. The minimum Gasteiger partial charge on any atom is -0.335 e. The number of hydrogen-bond donors (Lipinski definition) is 0. The van der Waals surface area contributed by atoms with Crippen LogP contribution in [0.2, 0.25) is 0 Å². The van der Waals surface area contributed by atoms with Gasteiger partial charge in [0.2, 0.25) is 0 Å². The number of nitrogens with zero attached hydrogens (tertiary/aromatic N) is 4. The van der Waals surface area contributed by atoms with Crippen molar-refractivity contribution in [3.8, 4) is 17.3 Å². The van der Waals surface area contributed by atoms with Gasteiger partial charge >= 0.3 is 0 Å². The summed E-state index contributed by atoms with van der Waals surface area (Å²) in [5.74, 6) is 0.746. The number of likely N-dealkylation sites (tertiary alicyclic amines) is 1. The topological polar surface area (TPSA) is 61.9 Å². The van der Waals surface area contributed by atoms with Gasteiger partial charge in [-0.25, -0.2) is 0 Å². The van der Waals surface area contributed by atoms with E-state index in [9.17, 15) is 10.1 Å². The van der Waals surface area contributed by atoms with E-state index in [1.165, 1.54) is 25.7 Å². The number of aromatic nitrogens is 2. The molecule has 2 unspecified atom stereocenters. The predicted octanol–water partition coefficient (Wildman–Crippen LogP) is 3.75. The minimum absolute atomic E-state index is 0.0899. The highest BCUT2D eigenvalue weighted by Gasteiger charge is 2.37. The molecular formula is C21H24N4O. The lowest BCUT2D eigenvalue weighted by Gasteiger charge is -2.44. The number of nitriles is 1. The lowest BCUT2D eigenvalue weighted by atomic mass is 9.78. The molecule has 134 valence electrons. The maximum atomic E-state index is 13.4. The molecule has 0 N–H and O–H groups in total. The number of benzene rings is 1. The summed E-state index contributed by atoms with van der Waals surface area (Å²) in [6.45, 7) is 0.840. The van der Waals surface area contributed by atoms with E-state index in [2.05, 4.69) is 16.1 Å². The van der Waals surface area contributed by atoms with Crippen LogP contribution in [0.1, 0.15) is 54.4 Å². The van der Waals surface area contributed by atoms with Crippen LogP contribution in [0.4, 0.5) is 0 Å². The van der Waals surface area contributed by atoms with Gasteiger partial charge in [-0.3, -0.25) is 9.48 Å². The number of aryl methyl sites for hydroxylation is 1. The predicted molar refractivity (Wildman–Crippen MR) is 99.4 cm³/mol. The second-order valence-corrected chi connectivity index (χ2v) is 7.48. The van der Waals surface area contributed by atoms with Crippen LogP contribution < -0.4 is 0 Å². The molecule has 2 atom stereocenters. The number of amides is 1. The molecule has 2 heterocycles. The Bertz CT molecular complexity index is 861. The number of carbonyl (C=O) groups is 1. The highest BCUT2D eigenvalue weighted by Crippen LogP contribution is 2.37. The first-order valence-electron chi connectivity index (χ1n) is 9.52. The normalized spacial score (nSPS) is 22.5. The van der Waals surface area contributed by atoms with Crippen LogP contribution in [0.25, 0.3) is 11.3 Å². The van der Waals surface area contributed by atoms with Crippen molar-refractivity contribution in [1.82, 2.24) is 14.7 Å². The van der Waals surface area contributed by atoms with Gasteiger partial charge in [0.25, 0.3) is 5.91 Å². The van der Waals surface area contributed by atoms with Gasteiger partial charge in [0.15, 0.2) is 0 Å². The lowest BCUT2D eigenvalue weighted by Crippen LogP contribution is -2.49. The first kappa shape index (κ1) is 16.8. The molecule has 5 nitrogen and oxygen atoms in total. The van der Waals surface area contributed by atoms with E-state index >= 15 is 0 Å². The first-order chi connectivity index (χ1) is 12.7. The van der Waals surface area contributed by atoms with E-state index in [1.54, 1.807) is 16.9 Å². The van der Waals surface area contributed by atoms with E-state index in [4.69, 9.17) is 0 Å². The quantitative estimate of drug-likeness (QED) is 0.830. The zero-order valence-electron chi connectivity index (χ0n) is 15.2. The van der Waals surface area contributed by atoms with Gasteiger partial charge in [0, 0.05) is 25.2 Å². The van der Waals surface area contributed by atoms with E-state index in [1.807, 2.05) is 25.2 Å². The third-order valence-corrected chi connectivity index (χ3v) is 5.94. The Morgan fingerprint density at radius 1 is 1.23 bits per heavy atom. The third-order valence-electron chi connectivity index (χ3n) is 5.94. The van der Waals surface area contributed by atoms with Crippen LogP contribution in [0.5, 0.6) is 0 Å². The van der Waals surface area contributed by atoms with E-state index in [0.29, 0.717) is 23.1 Å². The molecule has 1 amide bonds. The molecular weight excluding hydrogens is 324 g/mol. The molecule has 1 aliphatic carbocycles. The highest BCUT2D eigenvalue weighted by atomic mass is 16.2. The van der Waals surface area contributed by atoms with E-state index < -0.39 is 0 Å². The molecule has 4 rings (SSSR count). The summed E-state index contributed by atoms with van der Waals surface area (Å²) in [5.41, 5.74) is 2.90. The fourth-order valence-corrected chi connectivity index (χ4v) is 4.70. The minimum atomic E-state index is 0.0899. The molecule has 1 aromatic heterocycles. The SMILES string of the molecule is Cn1ncc(C(=O)N2CCCC3CCCCC32)c1-c1cccc(C#N)c1. The average Bonchev–Trinajstić information content (AvgIpc) is 3.08. The smallest absolute Gasteiger partial charge is 0.257 e. The van der Waals surface area contributed by atoms with Crippen LogP contribution in [0.3, 0.4) is 0 Å². The molecule has 1 aliphatic heterocycles. The summed E-state index contributed by atoms with van der Waals surface area (Å²) >= 11 is 0. The van der Waals surface area contributed by atoms with Crippen molar-refractivity contribution in [2.24, 2.45) is 13.0 Å². The second kappa shape index (κ2) is 6.95. The Morgan fingerprint density at radius 2 is 2.04 bits per heavy atom. The fourth-order valence-electron chi connectivity index (χ4n) is 4.70. The van der Waals surface area contributed by atoms with Gasteiger partial charge in [-0.05, 0) is 43.7 Å². The maximum Gasteiger partial charge on any atom is 0.257 e. The summed E-state index contributed by atoms with van der Waals surface area (Å²) in [6.07, 6.45) is 8.90. The van der Waals surface area contributed by atoms with Gasteiger partial charge < -0.3 is 4.90 Å². The van der Waals surface area contributed by atoms with E-state index in [0.717, 1.165) is 30.6 Å². The molecule has 0 bridgehead atoms. The monoisotopic (exact) mass is 348 g/mol. The maximum absolute atomic E-state index is 13.4. The lowest BCUT2D eigenvalue weighted by molar-refractivity contribution is 0.0391.